The van der Waals surface area contributed by atoms with Gasteiger partial charge in [0.2, 0.25) is 0 Å². The summed E-state index contributed by atoms with van der Waals surface area (Å²) in [7, 11) is 1.58. The third-order valence-corrected chi connectivity index (χ3v) is 5.08. The van der Waals surface area contributed by atoms with Gasteiger partial charge in [-0.3, -0.25) is 23.5 Å². The van der Waals surface area contributed by atoms with E-state index in [4.69, 9.17) is 0 Å². The molecule has 0 spiro atoms. The lowest BCUT2D eigenvalue weighted by molar-refractivity contribution is -0.116. The second-order valence-electron chi connectivity index (χ2n) is 6.86. The zero-order valence-electron chi connectivity index (χ0n) is 15.7. The van der Waals surface area contributed by atoms with Crippen LogP contribution in [0.25, 0.3) is 10.9 Å². The zero-order valence-corrected chi connectivity index (χ0v) is 15.7. The number of aliphatic hydroxyl groups excluding tert-OH is 1. The first kappa shape index (κ1) is 18.8. The number of carbonyl (C=O) groups excluding carboxylic acids is 2. The van der Waals surface area contributed by atoms with Gasteiger partial charge in [0.1, 0.15) is 11.3 Å². The van der Waals surface area contributed by atoms with Gasteiger partial charge in [-0.2, -0.15) is 0 Å². The Kier molecular flexibility index (Phi) is 4.87. The molecule has 1 aromatic heterocycles. The minimum absolute atomic E-state index is 0.192. The molecule has 27 heavy (non-hydrogen) atoms. The number of aromatic nitrogens is 2. The Bertz CT molecular complexity index is 1120. The maximum Gasteiger partial charge on any atom is 0.331 e. The number of hydrogen-bond acceptors (Lipinski definition) is 5. The lowest BCUT2D eigenvalue weighted by Gasteiger charge is -2.17. The highest BCUT2D eigenvalue weighted by Gasteiger charge is 2.29. The molecule has 2 aromatic rings. The molecule has 1 aliphatic rings. The number of fused-ring (bicyclic) bond motifs is 1. The highest BCUT2D eigenvalue weighted by Crippen LogP contribution is 2.26. The zero-order chi connectivity index (χ0) is 19.9. The first-order valence-electron chi connectivity index (χ1n) is 9.02. The van der Waals surface area contributed by atoms with E-state index < -0.39 is 17.0 Å². The summed E-state index contributed by atoms with van der Waals surface area (Å²) in [5, 5.41) is 10.3. The maximum atomic E-state index is 12.9. The predicted molar refractivity (Wildman–Crippen MR) is 101 cm³/mol. The normalized spacial score (nSPS) is 14.9. The van der Waals surface area contributed by atoms with E-state index in [0.717, 1.165) is 4.57 Å². The van der Waals surface area contributed by atoms with E-state index in [1.54, 1.807) is 20.0 Å². The lowest BCUT2D eigenvalue weighted by Crippen LogP contribution is -2.39. The molecule has 0 saturated carbocycles. The van der Waals surface area contributed by atoms with Crippen LogP contribution in [0.15, 0.2) is 33.1 Å². The van der Waals surface area contributed by atoms with E-state index in [-0.39, 0.29) is 47.5 Å². The van der Waals surface area contributed by atoms with Gasteiger partial charge in [0.25, 0.3) is 5.56 Å². The van der Waals surface area contributed by atoms with Crippen LogP contribution in [0.5, 0.6) is 0 Å². The molecule has 0 saturated heterocycles. The summed E-state index contributed by atoms with van der Waals surface area (Å²) in [6, 6.07) is 3.05. The number of ketones is 2. The molecule has 142 valence electrons. The van der Waals surface area contributed by atoms with Crippen molar-refractivity contribution in [2.24, 2.45) is 7.05 Å². The van der Waals surface area contributed by atoms with Crippen LogP contribution in [-0.4, -0.2) is 25.8 Å². The quantitative estimate of drug-likeness (QED) is 0.657. The minimum atomic E-state index is -0.577. The van der Waals surface area contributed by atoms with Crippen LogP contribution in [0.2, 0.25) is 0 Å². The molecule has 7 nitrogen and oxygen atoms in total. The van der Waals surface area contributed by atoms with E-state index in [1.165, 1.54) is 10.6 Å². The summed E-state index contributed by atoms with van der Waals surface area (Å²) in [6.45, 7) is 3.78. The fourth-order valence-corrected chi connectivity index (χ4v) is 3.64. The van der Waals surface area contributed by atoms with Crippen molar-refractivity contribution in [2.75, 3.05) is 0 Å². The van der Waals surface area contributed by atoms with Crippen molar-refractivity contribution in [2.45, 2.75) is 46.1 Å². The Morgan fingerprint density at radius 3 is 2.52 bits per heavy atom. The van der Waals surface area contributed by atoms with Crippen molar-refractivity contribution in [1.82, 2.24) is 9.13 Å². The van der Waals surface area contributed by atoms with Gasteiger partial charge in [-0.15, -0.1) is 0 Å². The molecule has 1 aliphatic carbocycles. The van der Waals surface area contributed by atoms with Gasteiger partial charge in [-0.1, -0.05) is 6.92 Å². The minimum Gasteiger partial charge on any atom is -0.511 e. The molecule has 0 fully saturated rings. The molecule has 0 aliphatic heterocycles. The van der Waals surface area contributed by atoms with Crippen LogP contribution >= 0.6 is 0 Å². The van der Waals surface area contributed by atoms with Crippen LogP contribution in [0.1, 0.15) is 48.5 Å². The Morgan fingerprint density at radius 2 is 1.89 bits per heavy atom. The molecule has 3 rings (SSSR count). The van der Waals surface area contributed by atoms with Gasteiger partial charge in [0.05, 0.1) is 10.9 Å². The van der Waals surface area contributed by atoms with Gasteiger partial charge >= 0.3 is 5.69 Å². The number of aryl methyl sites for hydroxylation is 2. The van der Waals surface area contributed by atoms with Crippen LogP contribution < -0.4 is 11.2 Å². The van der Waals surface area contributed by atoms with Gasteiger partial charge in [-0.05, 0) is 37.5 Å². The molecular weight excluding hydrogens is 348 g/mol. The molecule has 1 aromatic carbocycles. The summed E-state index contributed by atoms with van der Waals surface area (Å²) in [6.07, 6.45) is 1.64. The molecular formula is C20H22N2O5. The van der Waals surface area contributed by atoms with E-state index in [2.05, 4.69) is 0 Å². The molecule has 1 heterocycles. The number of Topliss-reactive ketones (excluding diaryl/α,β-unsaturated/α-hetero) is 2. The molecule has 0 unspecified atom stereocenters. The standard InChI is InChI=1S/C20H22N2O5/c1-4-10-22-19(26)16-11(2)12(8-9-13(16)21(3)20(22)27)18(25)17-14(23)6-5-7-15(17)24/h8-9,23H,4-7,10H2,1-3H3. The van der Waals surface area contributed by atoms with E-state index in [0.29, 0.717) is 23.9 Å². The van der Waals surface area contributed by atoms with Crippen molar-refractivity contribution >= 4 is 22.5 Å². The number of hydrogen-bond donors (Lipinski definition) is 1. The highest BCUT2D eigenvalue weighted by molar-refractivity contribution is 6.27. The van der Waals surface area contributed by atoms with Crippen molar-refractivity contribution in [3.63, 3.8) is 0 Å². The summed E-state index contributed by atoms with van der Waals surface area (Å²) in [5.74, 6) is -1.15. The number of nitrogens with zero attached hydrogens (tertiary/aromatic N) is 2. The van der Waals surface area contributed by atoms with Crippen LogP contribution in [0, 0.1) is 6.92 Å². The molecule has 1 N–H and O–H groups in total. The van der Waals surface area contributed by atoms with Gasteiger partial charge in [0.15, 0.2) is 11.6 Å². The smallest absolute Gasteiger partial charge is 0.331 e. The maximum absolute atomic E-state index is 12.9. The number of aliphatic hydroxyl groups is 1. The highest BCUT2D eigenvalue weighted by atomic mass is 16.3. The van der Waals surface area contributed by atoms with Crippen molar-refractivity contribution < 1.29 is 14.7 Å². The number of benzene rings is 1. The predicted octanol–water partition coefficient (Wildman–Crippen LogP) is 2.17. The summed E-state index contributed by atoms with van der Waals surface area (Å²) >= 11 is 0. The molecule has 0 amide bonds. The van der Waals surface area contributed by atoms with Crippen molar-refractivity contribution in [3.05, 3.63) is 55.4 Å². The Morgan fingerprint density at radius 1 is 1.19 bits per heavy atom. The molecule has 0 atom stereocenters. The molecule has 0 radical (unpaired) electrons. The second kappa shape index (κ2) is 6.98. The Hall–Kier alpha value is -2.96. The molecule has 0 bridgehead atoms. The third-order valence-electron chi connectivity index (χ3n) is 5.08. The lowest BCUT2D eigenvalue weighted by atomic mass is 9.88. The van der Waals surface area contributed by atoms with Gasteiger partial charge in [0, 0.05) is 32.0 Å². The first-order valence-corrected chi connectivity index (χ1v) is 9.02. The summed E-state index contributed by atoms with van der Waals surface area (Å²) in [4.78, 5) is 50.4. The fraction of sp³-hybridized carbons (Fsp3) is 0.400. The van der Waals surface area contributed by atoms with Crippen molar-refractivity contribution in [3.8, 4) is 0 Å². The summed E-state index contributed by atoms with van der Waals surface area (Å²) in [5.41, 5.74) is -0.0207. The monoisotopic (exact) mass is 370 g/mol. The van der Waals surface area contributed by atoms with E-state index >= 15 is 0 Å². The topological polar surface area (TPSA) is 98.4 Å². The Balaban J connectivity index is 2.30. The average Bonchev–Trinajstić information content (AvgIpc) is 2.62. The summed E-state index contributed by atoms with van der Waals surface area (Å²) < 4.78 is 2.54. The Labute approximate surface area is 155 Å². The van der Waals surface area contributed by atoms with Crippen molar-refractivity contribution in [1.29, 1.82) is 0 Å². The third kappa shape index (κ3) is 2.93. The van der Waals surface area contributed by atoms with Crippen LogP contribution in [0.4, 0.5) is 0 Å². The second-order valence-corrected chi connectivity index (χ2v) is 6.86. The average molecular weight is 370 g/mol. The van der Waals surface area contributed by atoms with Gasteiger partial charge < -0.3 is 5.11 Å². The number of carbonyl (C=O) groups is 2. The number of allylic oxidation sites excluding steroid dienone is 2. The van der Waals surface area contributed by atoms with E-state index in [9.17, 15) is 24.3 Å². The first-order chi connectivity index (χ1) is 12.8. The number of rotatable bonds is 4. The fourth-order valence-electron chi connectivity index (χ4n) is 3.64. The van der Waals surface area contributed by atoms with Gasteiger partial charge in [-0.25, -0.2) is 4.79 Å². The van der Waals surface area contributed by atoms with Crippen LogP contribution in [-0.2, 0) is 18.4 Å². The SMILES string of the molecule is CCCn1c(=O)c2c(C)c(C(=O)C3=C(O)CCCC3=O)ccc2n(C)c1=O. The van der Waals surface area contributed by atoms with Crippen LogP contribution in [0.3, 0.4) is 0 Å². The largest absolute Gasteiger partial charge is 0.511 e. The molecule has 7 heteroatoms. The van der Waals surface area contributed by atoms with E-state index in [1.807, 2.05) is 6.92 Å².